The Labute approximate surface area is 341 Å². The Balaban J connectivity index is 0.000000184. The number of halogens is 2. The summed E-state index contributed by atoms with van der Waals surface area (Å²) in [5, 5.41) is 0. The topological polar surface area (TPSA) is 0 Å². The molecule has 0 N–H and O–H groups in total. The fourth-order valence-electron chi connectivity index (χ4n) is 7.19. The van der Waals surface area contributed by atoms with Gasteiger partial charge < -0.3 is 24.8 Å². The third-order valence-electron chi connectivity index (χ3n) is 10.6. The van der Waals surface area contributed by atoms with Crippen LogP contribution >= 0.6 is 0 Å². The Hall–Kier alpha value is -2.96. The molecular formula is C49H52Cl2Zr-2. The molecule has 268 valence electrons. The SMILES string of the molecule is CC1(C)[C-]=Cc2cc3c(cc21)Cc1cc2c(cc1-3)C=CC2(C)C.CCc1cc(C(C)(C)C)c[cH-]1.Cc1ccc([C](=[Zr+2])c2ccc(C)cc2)cc1.[Cl-].[Cl-]. The van der Waals surface area contributed by atoms with Gasteiger partial charge in [0.15, 0.2) is 0 Å². The molecule has 0 bridgehead atoms. The van der Waals surface area contributed by atoms with Crippen LogP contribution in [0.1, 0.15) is 122 Å². The Bertz CT molecular complexity index is 1990. The summed E-state index contributed by atoms with van der Waals surface area (Å²) in [6, 6.07) is 33.9. The number of hydrogen-bond donors (Lipinski definition) is 0. The van der Waals surface area contributed by atoms with E-state index in [4.69, 9.17) is 0 Å². The van der Waals surface area contributed by atoms with Crippen LogP contribution < -0.4 is 24.8 Å². The summed E-state index contributed by atoms with van der Waals surface area (Å²) in [5.74, 6) is 0. The molecule has 52 heavy (non-hydrogen) atoms. The molecule has 0 spiro atoms. The van der Waals surface area contributed by atoms with Crippen molar-refractivity contribution in [2.75, 3.05) is 0 Å². The van der Waals surface area contributed by atoms with Crippen molar-refractivity contribution in [1.29, 1.82) is 0 Å². The van der Waals surface area contributed by atoms with Crippen molar-refractivity contribution in [1.82, 2.24) is 0 Å². The number of rotatable bonds is 3. The summed E-state index contributed by atoms with van der Waals surface area (Å²) < 4.78 is 1.42. The van der Waals surface area contributed by atoms with Gasteiger partial charge in [-0.2, -0.15) is 28.8 Å². The Morgan fingerprint density at radius 2 is 1.27 bits per heavy atom. The maximum Gasteiger partial charge on any atom is -1.00 e. The third-order valence-corrected chi connectivity index (χ3v) is 12.0. The van der Waals surface area contributed by atoms with Crippen LogP contribution in [-0.4, -0.2) is 3.21 Å². The van der Waals surface area contributed by atoms with Crippen LogP contribution in [0.2, 0.25) is 0 Å². The number of aryl methyl sites for hydroxylation is 3. The van der Waals surface area contributed by atoms with Crippen molar-refractivity contribution < 1.29 is 49.0 Å². The summed E-state index contributed by atoms with van der Waals surface area (Å²) in [6.45, 7) is 22.3. The largest absolute Gasteiger partial charge is 1.00 e. The van der Waals surface area contributed by atoms with Crippen LogP contribution in [0.3, 0.4) is 0 Å². The van der Waals surface area contributed by atoms with Gasteiger partial charge in [-0.3, -0.25) is 6.08 Å². The van der Waals surface area contributed by atoms with Gasteiger partial charge in [0.2, 0.25) is 0 Å². The van der Waals surface area contributed by atoms with Crippen LogP contribution in [-0.2, 0) is 53.3 Å². The smallest absolute Gasteiger partial charge is 1.00 e. The van der Waals surface area contributed by atoms with E-state index in [9.17, 15) is 0 Å². The van der Waals surface area contributed by atoms with Crippen molar-refractivity contribution >= 4 is 15.4 Å². The van der Waals surface area contributed by atoms with Gasteiger partial charge in [-0.05, 0) is 45.9 Å². The van der Waals surface area contributed by atoms with Gasteiger partial charge in [0, 0.05) is 5.41 Å². The zero-order chi connectivity index (χ0) is 36.0. The maximum absolute atomic E-state index is 3.50. The molecule has 0 fully saturated rings. The maximum atomic E-state index is 3.50. The number of allylic oxidation sites excluding steroid dienone is 2. The van der Waals surface area contributed by atoms with Gasteiger partial charge in [0.1, 0.15) is 0 Å². The zero-order valence-corrected chi connectivity index (χ0v) is 36.5. The Morgan fingerprint density at radius 3 is 1.75 bits per heavy atom. The van der Waals surface area contributed by atoms with Crippen molar-refractivity contribution in [3.05, 3.63) is 170 Å². The third kappa shape index (κ3) is 8.87. The van der Waals surface area contributed by atoms with E-state index < -0.39 is 0 Å². The van der Waals surface area contributed by atoms with Crippen LogP contribution in [0.25, 0.3) is 23.3 Å². The normalized spacial score (nSPS) is 14.7. The van der Waals surface area contributed by atoms with E-state index >= 15 is 0 Å². The molecule has 5 aromatic rings. The molecule has 0 heterocycles. The molecule has 0 saturated carbocycles. The first-order valence-corrected chi connectivity index (χ1v) is 19.4. The fourth-order valence-corrected chi connectivity index (χ4v) is 8.01. The van der Waals surface area contributed by atoms with E-state index in [0.717, 1.165) is 12.8 Å². The van der Waals surface area contributed by atoms with Crippen molar-refractivity contribution in [3.8, 4) is 11.1 Å². The Morgan fingerprint density at radius 1 is 0.750 bits per heavy atom. The zero-order valence-electron chi connectivity index (χ0n) is 32.6. The van der Waals surface area contributed by atoms with Crippen LogP contribution in [0.4, 0.5) is 0 Å². The number of hydrogen-bond acceptors (Lipinski definition) is 0. The second-order valence-electron chi connectivity index (χ2n) is 16.6. The van der Waals surface area contributed by atoms with Crippen LogP contribution in [0.15, 0.2) is 97.1 Å². The van der Waals surface area contributed by atoms with Gasteiger partial charge in [0.05, 0.1) is 0 Å². The molecule has 3 aliphatic carbocycles. The minimum absolute atomic E-state index is 0. The first kappa shape index (κ1) is 41.8. The molecular weight excluding hydrogens is 751 g/mol. The van der Waals surface area contributed by atoms with Gasteiger partial charge in [-0.15, -0.1) is 11.6 Å². The molecule has 0 nitrogen and oxygen atoms in total. The Kier molecular flexibility index (Phi) is 13.0. The van der Waals surface area contributed by atoms with E-state index in [2.05, 4.69) is 185 Å². The van der Waals surface area contributed by atoms with Crippen molar-refractivity contribution in [3.63, 3.8) is 0 Å². The first-order valence-electron chi connectivity index (χ1n) is 18.2. The molecule has 3 aliphatic rings. The van der Waals surface area contributed by atoms with Gasteiger partial charge in [-0.25, -0.2) is 12.1 Å². The molecule has 5 aromatic carbocycles. The summed E-state index contributed by atoms with van der Waals surface area (Å²) in [5.41, 5.74) is 20.2. The van der Waals surface area contributed by atoms with E-state index in [1.807, 2.05) is 0 Å². The average molecular weight is 803 g/mol. The second kappa shape index (κ2) is 16.2. The summed E-state index contributed by atoms with van der Waals surface area (Å²) in [6.07, 6.45) is 12.5. The first-order chi connectivity index (χ1) is 23.6. The fraction of sp³-hybridized carbons (Fsp3) is 0.306. The van der Waals surface area contributed by atoms with Gasteiger partial charge >= 0.3 is 112 Å². The molecule has 3 heteroatoms. The van der Waals surface area contributed by atoms with Crippen LogP contribution in [0, 0.1) is 19.9 Å². The standard InChI is InChI=1S/C23H21.C15H14.C11H17.2ClH.Zr/c1-22(2)7-5-14-10-18-16(12-20(14)22)9-17-13-21-15(11-19(17)18)6-8-23(21,3)4;1-12-3-7-14(8-4-12)11-15-9-5-13(2)6-10-15;1-5-9-6-7-10(8-9)11(2,3)4;;;/h5-7,10-13H,9H2,1-4H3;3-10H,1-2H3;6-8H,5H2,1-4H3;2*1H;/q-1;;-1;;;+2/p-2. The summed E-state index contributed by atoms with van der Waals surface area (Å²) >= 11 is 1.46. The minimum Gasteiger partial charge on any atom is -1.00 e. The summed E-state index contributed by atoms with van der Waals surface area (Å²) in [7, 11) is 0. The molecule has 0 unspecified atom stereocenters. The van der Waals surface area contributed by atoms with E-state index in [0.29, 0.717) is 5.41 Å². The monoisotopic (exact) mass is 800 g/mol. The molecule has 0 saturated heterocycles. The minimum atomic E-state index is 0. The van der Waals surface area contributed by atoms with Crippen molar-refractivity contribution in [2.24, 2.45) is 0 Å². The number of benzene rings is 4. The van der Waals surface area contributed by atoms with Gasteiger partial charge in [-0.1, -0.05) is 96.9 Å². The molecule has 0 aromatic heterocycles. The summed E-state index contributed by atoms with van der Waals surface area (Å²) in [4.78, 5) is 0. The molecule has 0 atom stereocenters. The van der Waals surface area contributed by atoms with E-state index in [1.54, 1.807) is 0 Å². The van der Waals surface area contributed by atoms with Crippen molar-refractivity contribution in [2.45, 2.75) is 98.3 Å². The predicted molar refractivity (Wildman–Crippen MR) is 213 cm³/mol. The van der Waals surface area contributed by atoms with Crippen LogP contribution in [0.5, 0.6) is 0 Å². The van der Waals surface area contributed by atoms with E-state index in [1.165, 1.54) is 105 Å². The molecule has 0 aliphatic heterocycles. The quantitative estimate of drug-likeness (QED) is 0.183. The van der Waals surface area contributed by atoms with Gasteiger partial charge in [0.25, 0.3) is 0 Å². The molecule has 8 rings (SSSR count). The second-order valence-corrected chi connectivity index (χ2v) is 17.8. The van der Waals surface area contributed by atoms with E-state index in [-0.39, 0.29) is 35.6 Å². The predicted octanol–water partition coefficient (Wildman–Crippen LogP) is 6.36. The number of fused-ring (bicyclic) bond motifs is 5. The molecule has 0 radical (unpaired) electrons. The average Bonchev–Trinajstić information content (AvgIpc) is 3.84. The molecule has 0 amide bonds.